The zero-order valence-electron chi connectivity index (χ0n) is 14.4. The van der Waals surface area contributed by atoms with Crippen molar-refractivity contribution in [1.29, 1.82) is 0 Å². The molecule has 0 aromatic carbocycles. The highest BCUT2D eigenvalue weighted by Gasteiger charge is 2.11. The van der Waals surface area contributed by atoms with E-state index in [4.69, 9.17) is 4.79 Å². The van der Waals surface area contributed by atoms with Gasteiger partial charge in [-0.05, 0) is 27.7 Å². The fraction of sp³-hybridized carbons (Fsp3) is 0.235. The van der Waals surface area contributed by atoms with Gasteiger partial charge in [0.2, 0.25) is 0 Å². The third kappa shape index (κ3) is 13.9. The number of ether oxygens (including phenoxy) is 2. The second-order valence-corrected chi connectivity index (χ2v) is 4.48. The van der Waals surface area contributed by atoms with Crippen molar-refractivity contribution in [1.82, 2.24) is 0 Å². The van der Waals surface area contributed by atoms with E-state index in [-0.39, 0.29) is 22.3 Å². The Morgan fingerprint density at radius 3 is 0.708 bits per heavy atom. The van der Waals surface area contributed by atoms with Crippen LogP contribution in [0.3, 0.4) is 0 Å². The van der Waals surface area contributed by atoms with Crippen LogP contribution < -0.4 is 0 Å². The summed E-state index contributed by atoms with van der Waals surface area (Å²) in [5.41, 5.74) is 0.776. The molecule has 0 aliphatic heterocycles. The number of hydrogen-bond donors (Lipinski definition) is 0. The first-order chi connectivity index (χ1) is 10.9. The first-order valence-electron chi connectivity index (χ1n) is 6.34. The van der Waals surface area contributed by atoms with Gasteiger partial charge in [0.15, 0.2) is 0 Å². The predicted molar refractivity (Wildman–Crippen MR) is 88.6 cm³/mol. The Morgan fingerprint density at radius 2 is 0.625 bits per heavy atom. The molecule has 0 rings (SSSR count). The molecule has 0 saturated carbocycles. The standard InChI is InChI=1S/2C8H10O3.CH2O/c2*1-5(2)7(9)11-8(10)6(3)4;1-2/h2*1,3H2,2,4H3;1H2. The first-order valence-corrected chi connectivity index (χ1v) is 6.34. The van der Waals surface area contributed by atoms with Gasteiger partial charge in [0, 0.05) is 22.3 Å². The van der Waals surface area contributed by atoms with Crippen LogP contribution in [0.2, 0.25) is 0 Å². The summed E-state index contributed by atoms with van der Waals surface area (Å²) in [6, 6.07) is 0. The molecule has 7 nitrogen and oxygen atoms in total. The van der Waals surface area contributed by atoms with Crippen molar-refractivity contribution >= 4 is 30.7 Å². The van der Waals surface area contributed by atoms with E-state index in [1.165, 1.54) is 27.7 Å². The molecule has 0 aromatic heterocycles. The molecular formula is C17H22O7. The third-order valence-electron chi connectivity index (χ3n) is 1.76. The maximum atomic E-state index is 10.7. The van der Waals surface area contributed by atoms with E-state index in [1.54, 1.807) is 0 Å². The molecule has 0 spiro atoms. The van der Waals surface area contributed by atoms with Crippen LogP contribution in [0.1, 0.15) is 27.7 Å². The van der Waals surface area contributed by atoms with Gasteiger partial charge >= 0.3 is 23.9 Å². The van der Waals surface area contributed by atoms with Crippen molar-refractivity contribution in [3.63, 3.8) is 0 Å². The highest BCUT2D eigenvalue weighted by molar-refractivity contribution is 6.01. The summed E-state index contributed by atoms with van der Waals surface area (Å²) in [5.74, 6) is -2.84. The van der Waals surface area contributed by atoms with Crippen LogP contribution in [-0.2, 0) is 33.4 Å². The summed E-state index contributed by atoms with van der Waals surface area (Å²) >= 11 is 0. The van der Waals surface area contributed by atoms with Crippen LogP contribution >= 0.6 is 0 Å². The molecule has 0 unspecified atom stereocenters. The lowest BCUT2D eigenvalue weighted by Gasteiger charge is -1.99. The van der Waals surface area contributed by atoms with E-state index >= 15 is 0 Å². The van der Waals surface area contributed by atoms with Crippen molar-refractivity contribution in [2.45, 2.75) is 27.7 Å². The monoisotopic (exact) mass is 338 g/mol. The molecule has 0 heterocycles. The summed E-state index contributed by atoms with van der Waals surface area (Å²) in [5, 5.41) is 0. The fourth-order valence-electron chi connectivity index (χ4n) is 0.517. The summed E-state index contributed by atoms with van der Waals surface area (Å²) in [7, 11) is 0. The average Bonchev–Trinajstić information content (AvgIpc) is 2.49. The Kier molecular flexibility index (Phi) is 14.6. The maximum absolute atomic E-state index is 10.7. The van der Waals surface area contributed by atoms with Crippen molar-refractivity contribution in [2.75, 3.05) is 0 Å². The molecule has 0 aromatic rings. The average molecular weight is 338 g/mol. The molecule has 132 valence electrons. The molecule has 0 aliphatic carbocycles. The topological polar surface area (TPSA) is 104 Å². The van der Waals surface area contributed by atoms with E-state index in [0.29, 0.717) is 0 Å². The van der Waals surface area contributed by atoms with E-state index in [1.807, 2.05) is 6.79 Å². The molecule has 0 bridgehead atoms. The Morgan fingerprint density at radius 1 is 0.500 bits per heavy atom. The molecule has 24 heavy (non-hydrogen) atoms. The van der Waals surface area contributed by atoms with Crippen LogP contribution in [0.15, 0.2) is 48.6 Å². The van der Waals surface area contributed by atoms with Gasteiger partial charge in [-0.2, -0.15) is 0 Å². The molecule has 0 radical (unpaired) electrons. The number of carbonyl (C=O) groups is 5. The molecular weight excluding hydrogens is 316 g/mol. The molecule has 0 aliphatic rings. The van der Waals surface area contributed by atoms with Gasteiger partial charge in [0.1, 0.15) is 6.79 Å². The van der Waals surface area contributed by atoms with Gasteiger partial charge in [0.25, 0.3) is 0 Å². The van der Waals surface area contributed by atoms with Crippen molar-refractivity contribution in [2.24, 2.45) is 0 Å². The van der Waals surface area contributed by atoms with Crippen LogP contribution in [-0.4, -0.2) is 30.7 Å². The lowest BCUT2D eigenvalue weighted by atomic mass is 10.3. The normalized spacial score (nSPS) is 8.00. The minimum absolute atomic E-state index is 0.194. The van der Waals surface area contributed by atoms with Crippen LogP contribution in [0.25, 0.3) is 0 Å². The number of esters is 4. The minimum Gasteiger partial charge on any atom is -0.386 e. The van der Waals surface area contributed by atoms with Gasteiger partial charge in [-0.25, -0.2) is 19.2 Å². The van der Waals surface area contributed by atoms with Gasteiger partial charge in [0.05, 0.1) is 0 Å². The summed E-state index contributed by atoms with van der Waals surface area (Å²) in [6.07, 6.45) is 0. The van der Waals surface area contributed by atoms with Gasteiger partial charge in [-0.3, -0.25) is 0 Å². The van der Waals surface area contributed by atoms with Crippen molar-refractivity contribution in [3.05, 3.63) is 48.6 Å². The van der Waals surface area contributed by atoms with E-state index in [2.05, 4.69) is 35.8 Å². The van der Waals surface area contributed by atoms with Crippen LogP contribution in [0, 0.1) is 0 Å². The Labute approximate surface area is 141 Å². The molecule has 0 fully saturated rings. The number of carbonyl (C=O) groups excluding carboxylic acids is 5. The summed E-state index contributed by atoms with van der Waals surface area (Å²) < 4.78 is 8.59. The van der Waals surface area contributed by atoms with Gasteiger partial charge in [-0.1, -0.05) is 26.3 Å². The predicted octanol–water partition coefficient (Wildman–Crippen LogP) is 2.23. The Hall–Kier alpha value is -3.09. The molecule has 0 amide bonds. The molecule has 7 heteroatoms. The van der Waals surface area contributed by atoms with E-state index in [9.17, 15) is 19.2 Å². The molecule has 0 N–H and O–H groups in total. The van der Waals surface area contributed by atoms with Gasteiger partial charge < -0.3 is 14.3 Å². The summed E-state index contributed by atoms with van der Waals surface area (Å²) in [4.78, 5) is 50.7. The second kappa shape index (κ2) is 13.6. The number of hydrogen-bond acceptors (Lipinski definition) is 7. The SMILES string of the molecule is C=C(C)C(=O)OC(=O)C(=C)C.C=C(C)C(=O)OC(=O)C(=C)C.C=O. The lowest BCUT2D eigenvalue weighted by Crippen LogP contribution is -2.12. The van der Waals surface area contributed by atoms with Gasteiger partial charge in [-0.15, -0.1) is 0 Å². The highest BCUT2D eigenvalue weighted by atomic mass is 16.6. The Balaban J connectivity index is -0.000000333. The largest absolute Gasteiger partial charge is 0.386 e. The number of rotatable bonds is 4. The first kappa shape index (κ1) is 25.8. The third-order valence-corrected chi connectivity index (χ3v) is 1.76. The quantitative estimate of drug-likeness (QED) is 0.440. The van der Waals surface area contributed by atoms with E-state index in [0.717, 1.165) is 0 Å². The lowest BCUT2D eigenvalue weighted by molar-refractivity contribution is -0.155. The zero-order valence-corrected chi connectivity index (χ0v) is 14.4. The zero-order chi connectivity index (χ0) is 20.0. The smallest absolute Gasteiger partial charge is 0.340 e. The van der Waals surface area contributed by atoms with Crippen molar-refractivity contribution in [3.8, 4) is 0 Å². The Bertz CT molecular complexity index is 469. The van der Waals surface area contributed by atoms with Crippen LogP contribution in [0.5, 0.6) is 0 Å². The second-order valence-electron chi connectivity index (χ2n) is 4.48. The summed E-state index contributed by atoms with van der Waals surface area (Å²) in [6.45, 7) is 21.1. The maximum Gasteiger partial charge on any atom is 0.340 e. The molecule has 0 atom stereocenters. The fourth-order valence-corrected chi connectivity index (χ4v) is 0.517. The van der Waals surface area contributed by atoms with Crippen LogP contribution in [0.4, 0.5) is 0 Å². The minimum atomic E-state index is -0.710. The van der Waals surface area contributed by atoms with E-state index < -0.39 is 23.9 Å². The molecule has 0 saturated heterocycles. The van der Waals surface area contributed by atoms with Crippen molar-refractivity contribution < 1.29 is 33.4 Å². The highest BCUT2D eigenvalue weighted by Crippen LogP contribution is 1.98.